The molecular weight excluding hydrogens is 749 g/mol. The van der Waals surface area contributed by atoms with Gasteiger partial charge in [-0.2, -0.15) is 114 Å². The van der Waals surface area contributed by atoms with Crippen LogP contribution in [0.25, 0.3) is 0 Å². The van der Waals surface area contributed by atoms with Crippen LogP contribution in [0, 0.1) is 0 Å². The number of rotatable bonds is 11. The van der Waals surface area contributed by atoms with E-state index < -0.39 is 89.0 Å². The van der Waals surface area contributed by atoms with Crippen LogP contribution >= 0.6 is 0 Å². The third-order valence-corrected chi connectivity index (χ3v) is 5.33. The quantitative estimate of drug-likeness (QED) is 0.120. The highest BCUT2D eigenvalue weighted by molar-refractivity contribution is 5.87. The molecule has 29 heteroatoms. The lowest BCUT2D eigenvalue weighted by atomic mass is 9.81. The van der Waals surface area contributed by atoms with E-state index in [2.05, 4.69) is 0 Å². The van der Waals surface area contributed by atoms with Crippen molar-refractivity contribution >= 4 is 5.97 Å². The van der Waals surface area contributed by atoms with Crippen molar-refractivity contribution < 1.29 is 128 Å². The van der Waals surface area contributed by atoms with E-state index in [0.29, 0.717) is 0 Å². The van der Waals surface area contributed by atoms with Gasteiger partial charge in [0.05, 0.1) is 0 Å². The summed E-state index contributed by atoms with van der Waals surface area (Å²) in [5.41, 5.74) is -11.3. The molecule has 0 saturated carbocycles. The third-order valence-electron chi connectivity index (χ3n) is 5.33. The first-order chi connectivity index (χ1) is 19.3. The molecule has 0 rings (SSSR count). The van der Waals surface area contributed by atoms with Gasteiger partial charge in [0.1, 0.15) is 0 Å². The maximum absolute atomic E-state index is 14.9. The van der Waals surface area contributed by atoms with Gasteiger partial charge in [-0.15, -0.1) is 0 Å². The SMILES string of the molecule is C=C(C)C(=O)OC(F)(C(F)(F)C(F)(F)C(F)(F)C(F)(F)C(F)(F)C(F)(F)C(F)(F)C(F)(F)F)C(F)(F)C(F)(C(F)(F)F)C(F)(F)F. The van der Waals surface area contributed by atoms with Crippen molar-refractivity contribution in [1.82, 2.24) is 0 Å². The molecule has 0 heterocycles. The Kier molecular flexibility index (Phi) is 10.0. The number of esters is 1. The van der Waals surface area contributed by atoms with E-state index in [0.717, 1.165) is 0 Å². The zero-order chi connectivity index (χ0) is 38.4. The summed E-state index contributed by atoms with van der Waals surface area (Å²) < 4.78 is 364. The molecule has 0 bridgehead atoms. The molecule has 0 N–H and O–H groups in total. The van der Waals surface area contributed by atoms with E-state index in [1.165, 1.54) is 0 Å². The molecule has 0 fully saturated rings. The standard InChI is InChI=1S/C17H5F27O2/c1-3(2)4(45)46-14(35,6(19,20)5(18,15(36,37)38)16(39,40)41)12(31,32)10(27,28)8(23,24)7(21,22)9(25,26)11(29,30)13(33,34)17(42,43)44/h1H2,2H3. The predicted molar refractivity (Wildman–Crippen MR) is 86.3 cm³/mol. The zero-order valence-electron chi connectivity index (χ0n) is 20.2. The summed E-state index contributed by atoms with van der Waals surface area (Å²) in [6.45, 7) is 1.82. The number of ether oxygens (including phenoxy) is 1. The summed E-state index contributed by atoms with van der Waals surface area (Å²) in [6, 6.07) is 0. The fourth-order valence-corrected chi connectivity index (χ4v) is 2.64. The van der Waals surface area contributed by atoms with Crippen LogP contribution in [0.15, 0.2) is 12.2 Å². The van der Waals surface area contributed by atoms with Gasteiger partial charge in [0.25, 0.3) is 0 Å². The number of carbonyl (C=O) groups excluding carboxylic acids is 1. The maximum Gasteiger partial charge on any atom is 0.460 e. The van der Waals surface area contributed by atoms with Crippen molar-refractivity contribution in [3.63, 3.8) is 0 Å². The second-order valence-corrected chi connectivity index (χ2v) is 8.51. The Balaban J connectivity index is 8.16. The Bertz CT molecular complexity index is 1150. The minimum absolute atomic E-state index is 0.223. The summed E-state index contributed by atoms with van der Waals surface area (Å²) >= 11 is 0. The molecule has 0 aliphatic carbocycles. The average molecular weight is 754 g/mol. The molecule has 0 aromatic heterocycles. The molecule has 0 aromatic carbocycles. The molecular formula is C17H5F27O2. The van der Waals surface area contributed by atoms with Crippen LogP contribution in [-0.4, -0.2) is 83.4 Å². The van der Waals surface area contributed by atoms with Crippen LogP contribution in [0.1, 0.15) is 6.92 Å². The number of hydrogen-bond donors (Lipinski definition) is 0. The molecule has 0 radical (unpaired) electrons. The number of halogens is 27. The second-order valence-electron chi connectivity index (χ2n) is 8.51. The molecule has 46 heavy (non-hydrogen) atoms. The van der Waals surface area contributed by atoms with Gasteiger partial charge in [-0.1, -0.05) is 6.58 Å². The lowest BCUT2D eigenvalue weighted by Gasteiger charge is -2.48. The Morgan fingerprint density at radius 2 is 0.630 bits per heavy atom. The molecule has 0 aromatic rings. The van der Waals surface area contributed by atoms with E-state index in [-0.39, 0.29) is 6.92 Å². The molecule has 0 spiro atoms. The first kappa shape index (κ1) is 43.3. The number of hydrogen-bond acceptors (Lipinski definition) is 2. The van der Waals surface area contributed by atoms with Crippen molar-refractivity contribution in [1.29, 1.82) is 0 Å². The van der Waals surface area contributed by atoms with Gasteiger partial charge in [0, 0.05) is 5.57 Å². The molecule has 0 aliphatic rings. The lowest BCUT2D eigenvalue weighted by molar-refractivity contribution is -0.497. The number of alkyl halides is 27. The summed E-state index contributed by atoms with van der Waals surface area (Å²) in [5.74, 6) is -89.1. The zero-order valence-corrected chi connectivity index (χ0v) is 20.2. The van der Waals surface area contributed by atoms with Gasteiger partial charge in [0.15, 0.2) is 0 Å². The van der Waals surface area contributed by atoms with Crippen molar-refractivity contribution in [2.75, 3.05) is 0 Å². The van der Waals surface area contributed by atoms with Crippen molar-refractivity contribution in [2.45, 2.75) is 84.4 Å². The first-order valence-corrected chi connectivity index (χ1v) is 9.82. The Morgan fingerprint density at radius 1 is 0.391 bits per heavy atom. The summed E-state index contributed by atoms with van der Waals surface area (Å²) in [4.78, 5) is 11.2. The number of carbonyl (C=O) groups is 1. The molecule has 1 unspecified atom stereocenters. The Hall–Kier alpha value is -2.68. The van der Waals surface area contributed by atoms with Crippen molar-refractivity contribution in [3.8, 4) is 0 Å². The summed E-state index contributed by atoms with van der Waals surface area (Å²) in [5, 5.41) is 0. The predicted octanol–water partition coefficient (Wildman–Crippen LogP) is 9.25. The minimum Gasteiger partial charge on any atom is -0.413 e. The topological polar surface area (TPSA) is 26.3 Å². The molecule has 274 valence electrons. The summed E-state index contributed by atoms with van der Waals surface area (Å²) in [7, 11) is 0. The van der Waals surface area contributed by atoms with Crippen LogP contribution < -0.4 is 0 Å². The fourth-order valence-electron chi connectivity index (χ4n) is 2.64. The highest BCUT2D eigenvalue weighted by Gasteiger charge is 3.01. The maximum atomic E-state index is 14.9. The smallest absolute Gasteiger partial charge is 0.413 e. The Morgan fingerprint density at radius 3 is 0.848 bits per heavy atom. The molecule has 0 aliphatic heterocycles. The van der Waals surface area contributed by atoms with Crippen LogP contribution in [0.2, 0.25) is 0 Å². The molecule has 0 amide bonds. The van der Waals surface area contributed by atoms with Gasteiger partial charge < -0.3 is 4.74 Å². The van der Waals surface area contributed by atoms with Crippen LogP contribution in [0.4, 0.5) is 119 Å². The van der Waals surface area contributed by atoms with Crippen LogP contribution in [0.3, 0.4) is 0 Å². The fraction of sp³-hybridized carbons (Fsp3) is 0.824. The van der Waals surface area contributed by atoms with E-state index in [1.54, 1.807) is 0 Å². The highest BCUT2D eigenvalue weighted by Crippen LogP contribution is 2.69. The van der Waals surface area contributed by atoms with Gasteiger partial charge in [0.2, 0.25) is 0 Å². The van der Waals surface area contributed by atoms with Gasteiger partial charge in [-0.25, -0.2) is 9.18 Å². The Labute approximate surface area is 232 Å². The van der Waals surface area contributed by atoms with E-state index in [4.69, 9.17) is 0 Å². The normalized spacial score (nSPS) is 17.5. The molecule has 1 atom stereocenters. The van der Waals surface area contributed by atoms with Crippen LogP contribution in [-0.2, 0) is 9.53 Å². The molecule has 0 saturated heterocycles. The monoisotopic (exact) mass is 754 g/mol. The van der Waals surface area contributed by atoms with Crippen molar-refractivity contribution in [3.05, 3.63) is 12.2 Å². The molecule has 2 nitrogen and oxygen atoms in total. The largest absolute Gasteiger partial charge is 0.460 e. The second kappa shape index (κ2) is 10.7. The first-order valence-electron chi connectivity index (χ1n) is 9.82. The average Bonchev–Trinajstić information content (AvgIpc) is 2.79. The van der Waals surface area contributed by atoms with Crippen molar-refractivity contribution in [2.24, 2.45) is 0 Å². The minimum atomic E-state index is -9.83. The third kappa shape index (κ3) is 5.14. The lowest BCUT2D eigenvalue weighted by Crippen LogP contribution is -2.81. The van der Waals surface area contributed by atoms with E-state index in [1.807, 2.05) is 11.3 Å². The van der Waals surface area contributed by atoms with Gasteiger partial charge in [-0.05, 0) is 6.92 Å². The van der Waals surface area contributed by atoms with E-state index in [9.17, 15) is 123 Å². The van der Waals surface area contributed by atoms with Gasteiger partial charge in [-0.3, -0.25) is 0 Å². The van der Waals surface area contributed by atoms with Crippen LogP contribution in [0.5, 0.6) is 0 Å². The van der Waals surface area contributed by atoms with Gasteiger partial charge >= 0.3 is 83.4 Å². The van der Waals surface area contributed by atoms with E-state index >= 15 is 0 Å². The highest BCUT2D eigenvalue weighted by atomic mass is 19.4. The summed E-state index contributed by atoms with van der Waals surface area (Å²) in [6.07, 6.45) is -25.7.